The van der Waals surface area contributed by atoms with Gasteiger partial charge < -0.3 is 15.1 Å². The molecule has 1 aromatic heterocycles. The molecule has 2 N–H and O–H groups in total. The zero-order chi connectivity index (χ0) is 28.3. The van der Waals surface area contributed by atoms with Gasteiger partial charge in [0.1, 0.15) is 6.61 Å². The molecule has 6 nitrogen and oxygen atoms in total. The summed E-state index contributed by atoms with van der Waals surface area (Å²) in [5.74, 6) is -0.423. The van der Waals surface area contributed by atoms with E-state index in [1.54, 1.807) is 6.33 Å². The Morgan fingerprint density at radius 3 is 2.29 bits per heavy atom. The largest absolute Gasteiger partial charge is 0.464 e. The number of imidazole rings is 1. The highest BCUT2D eigenvalue weighted by molar-refractivity contribution is 5.79. The topological polar surface area (TPSA) is 70.2 Å². The first-order valence-electron chi connectivity index (χ1n) is 14.7. The summed E-state index contributed by atoms with van der Waals surface area (Å²) in [4.78, 5) is 21.4. The van der Waals surface area contributed by atoms with Crippen LogP contribution in [-0.4, -0.2) is 40.1 Å². The third-order valence-corrected chi connectivity index (χ3v) is 8.62. The Morgan fingerprint density at radius 1 is 0.857 bits per heavy atom. The van der Waals surface area contributed by atoms with Gasteiger partial charge in [0.15, 0.2) is 0 Å². The normalized spacial score (nSPS) is 16.9. The molecule has 2 unspecified atom stereocenters. The smallest absolute Gasteiger partial charge is 0.310 e. The first-order chi connectivity index (χ1) is 20.7. The van der Waals surface area contributed by atoms with E-state index in [1.807, 2.05) is 24.4 Å². The number of nitrogens with zero attached hydrogens (tertiary/aromatic N) is 2. The van der Waals surface area contributed by atoms with Crippen LogP contribution in [0.3, 0.4) is 0 Å². The standard InChI is InChI=1S/C36H34N4O2/c41-36(42-23-34-32-15-7-5-13-30(32)31-14-6-8-16-33(31)34)27-19-26-12-4-9-17-35(26)39-40(22-27)29(20-28-21-37-24-38-28)18-25-10-2-1-3-11-25/h1-17,21,24,27,29,34,39H,18-20,22-23H2,(H,37,38). The summed E-state index contributed by atoms with van der Waals surface area (Å²) >= 11 is 0. The Bertz CT molecular complexity index is 1620. The zero-order valence-corrected chi connectivity index (χ0v) is 23.4. The Morgan fingerprint density at radius 2 is 1.55 bits per heavy atom. The van der Waals surface area contributed by atoms with Crippen molar-refractivity contribution in [2.45, 2.75) is 31.2 Å². The highest BCUT2D eigenvalue weighted by Crippen LogP contribution is 2.44. The molecule has 7 rings (SSSR count). The number of hydrogen-bond acceptors (Lipinski definition) is 5. The molecule has 5 aromatic rings. The molecule has 1 aliphatic carbocycles. The summed E-state index contributed by atoms with van der Waals surface area (Å²) in [6.45, 7) is 0.872. The van der Waals surface area contributed by atoms with E-state index in [0.29, 0.717) is 19.6 Å². The van der Waals surface area contributed by atoms with Crippen LogP contribution in [0.25, 0.3) is 11.1 Å². The van der Waals surface area contributed by atoms with Gasteiger partial charge >= 0.3 is 5.97 Å². The molecule has 2 aliphatic rings. The molecule has 6 heteroatoms. The molecule has 2 heterocycles. The quantitative estimate of drug-likeness (QED) is 0.217. The molecule has 2 atom stereocenters. The summed E-state index contributed by atoms with van der Waals surface area (Å²) in [5.41, 5.74) is 13.1. The number of hydrazine groups is 1. The number of anilines is 1. The van der Waals surface area contributed by atoms with Gasteiger partial charge in [-0.3, -0.25) is 4.79 Å². The van der Waals surface area contributed by atoms with Crippen molar-refractivity contribution in [1.82, 2.24) is 15.0 Å². The Hall–Kier alpha value is -4.68. The lowest BCUT2D eigenvalue weighted by Gasteiger charge is -2.33. The van der Waals surface area contributed by atoms with Crippen molar-refractivity contribution < 1.29 is 9.53 Å². The summed E-state index contributed by atoms with van der Waals surface area (Å²) in [7, 11) is 0. The third kappa shape index (κ3) is 5.33. The molecule has 0 saturated heterocycles. The Labute approximate surface area is 246 Å². The van der Waals surface area contributed by atoms with Crippen LogP contribution in [0, 0.1) is 5.92 Å². The van der Waals surface area contributed by atoms with Crippen molar-refractivity contribution >= 4 is 11.7 Å². The van der Waals surface area contributed by atoms with E-state index in [2.05, 4.69) is 105 Å². The lowest BCUT2D eigenvalue weighted by Crippen LogP contribution is -2.46. The zero-order valence-electron chi connectivity index (χ0n) is 23.4. The monoisotopic (exact) mass is 554 g/mol. The molecule has 4 aromatic carbocycles. The van der Waals surface area contributed by atoms with Gasteiger partial charge in [0.25, 0.3) is 0 Å². The maximum atomic E-state index is 13.9. The molecule has 0 fully saturated rings. The predicted octanol–water partition coefficient (Wildman–Crippen LogP) is 6.42. The second-order valence-corrected chi connectivity index (χ2v) is 11.3. The van der Waals surface area contributed by atoms with E-state index >= 15 is 0 Å². The number of nitrogens with one attached hydrogen (secondary N) is 2. The molecular weight excluding hydrogens is 520 g/mol. The maximum absolute atomic E-state index is 13.9. The number of aromatic nitrogens is 2. The van der Waals surface area contributed by atoms with Gasteiger partial charge in [0.05, 0.1) is 17.9 Å². The Kier molecular flexibility index (Phi) is 7.29. The number of fused-ring (bicyclic) bond motifs is 4. The lowest BCUT2D eigenvalue weighted by atomic mass is 9.96. The van der Waals surface area contributed by atoms with Crippen molar-refractivity contribution in [3.8, 4) is 11.1 Å². The van der Waals surface area contributed by atoms with Crippen LogP contribution in [-0.2, 0) is 28.8 Å². The number of para-hydroxylation sites is 1. The summed E-state index contributed by atoms with van der Waals surface area (Å²) in [6, 6.07) is 35.8. The van der Waals surface area contributed by atoms with E-state index in [0.717, 1.165) is 29.8 Å². The predicted molar refractivity (Wildman–Crippen MR) is 165 cm³/mol. The molecule has 1 aliphatic heterocycles. The van der Waals surface area contributed by atoms with Crippen molar-refractivity contribution in [3.05, 3.63) is 144 Å². The summed E-state index contributed by atoms with van der Waals surface area (Å²) < 4.78 is 6.19. The number of hydrogen-bond donors (Lipinski definition) is 2. The fourth-order valence-corrected chi connectivity index (χ4v) is 6.53. The highest BCUT2D eigenvalue weighted by Gasteiger charge is 2.34. The summed E-state index contributed by atoms with van der Waals surface area (Å²) in [6.07, 6.45) is 5.82. The highest BCUT2D eigenvalue weighted by atomic mass is 16.5. The van der Waals surface area contributed by atoms with Crippen LogP contribution in [0.5, 0.6) is 0 Å². The van der Waals surface area contributed by atoms with Gasteiger partial charge in [-0.05, 0) is 52.3 Å². The number of ether oxygens (including phenoxy) is 1. The number of carbonyl (C=O) groups excluding carboxylic acids is 1. The minimum atomic E-state index is -0.312. The minimum Gasteiger partial charge on any atom is -0.464 e. The van der Waals surface area contributed by atoms with Gasteiger partial charge in [0.2, 0.25) is 0 Å². The average molecular weight is 555 g/mol. The van der Waals surface area contributed by atoms with Crippen LogP contribution in [0.4, 0.5) is 5.69 Å². The first-order valence-corrected chi connectivity index (χ1v) is 14.7. The number of benzene rings is 4. The molecule has 0 saturated carbocycles. The van der Waals surface area contributed by atoms with Crippen LogP contribution < -0.4 is 5.43 Å². The third-order valence-electron chi connectivity index (χ3n) is 8.62. The fourth-order valence-electron chi connectivity index (χ4n) is 6.53. The molecule has 0 radical (unpaired) electrons. The average Bonchev–Trinajstić information content (AvgIpc) is 3.60. The van der Waals surface area contributed by atoms with Gasteiger partial charge in [-0.15, -0.1) is 0 Å². The first kappa shape index (κ1) is 26.2. The molecule has 0 bridgehead atoms. The molecule has 0 amide bonds. The number of aromatic amines is 1. The molecule has 0 spiro atoms. The van der Waals surface area contributed by atoms with E-state index < -0.39 is 0 Å². The van der Waals surface area contributed by atoms with Gasteiger partial charge in [0, 0.05) is 36.8 Å². The van der Waals surface area contributed by atoms with Crippen molar-refractivity contribution in [1.29, 1.82) is 0 Å². The second kappa shape index (κ2) is 11.7. The van der Waals surface area contributed by atoms with E-state index in [-0.39, 0.29) is 23.8 Å². The number of rotatable bonds is 8. The number of H-pyrrole nitrogens is 1. The molecule has 42 heavy (non-hydrogen) atoms. The van der Waals surface area contributed by atoms with Crippen molar-refractivity contribution in [2.75, 3.05) is 18.6 Å². The van der Waals surface area contributed by atoms with Crippen molar-refractivity contribution in [3.63, 3.8) is 0 Å². The summed E-state index contributed by atoms with van der Waals surface area (Å²) in [5, 5.41) is 2.24. The van der Waals surface area contributed by atoms with Gasteiger partial charge in [-0.2, -0.15) is 0 Å². The van der Waals surface area contributed by atoms with Crippen LogP contribution in [0.1, 0.15) is 33.9 Å². The van der Waals surface area contributed by atoms with Crippen LogP contribution in [0.15, 0.2) is 116 Å². The van der Waals surface area contributed by atoms with E-state index in [9.17, 15) is 4.79 Å². The molecule has 210 valence electrons. The van der Waals surface area contributed by atoms with Crippen molar-refractivity contribution in [2.24, 2.45) is 5.92 Å². The van der Waals surface area contributed by atoms with Crippen LogP contribution in [0.2, 0.25) is 0 Å². The number of carbonyl (C=O) groups is 1. The maximum Gasteiger partial charge on any atom is 0.310 e. The van der Waals surface area contributed by atoms with E-state index in [4.69, 9.17) is 4.74 Å². The van der Waals surface area contributed by atoms with Crippen LogP contribution >= 0.6 is 0 Å². The Balaban J connectivity index is 1.15. The van der Waals surface area contributed by atoms with E-state index in [1.165, 1.54) is 27.8 Å². The fraction of sp³-hybridized carbons (Fsp3) is 0.222. The van der Waals surface area contributed by atoms with Gasteiger partial charge in [-0.25, -0.2) is 9.99 Å². The minimum absolute atomic E-state index is 0.0415. The SMILES string of the molecule is O=C(OCC1c2ccccc2-c2ccccc21)C1Cc2ccccc2NN(C(Cc2ccccc2)Cc2cnc[nH]2)C1. The number of esters is 1. The lowest BCUT2D eigenvalue weighted by molar-refractivity contribution is -0.149. The molecular formula is C36H34N4O2. The second-order valence-electron chi connectivity index (χ2n) is 11.3. The van der Waals surface area contributed by atoms with Gasteiger partial charge in [-0.1, -0.05) is 97.1 Å².